The summed E-state index contributed by atoms with van der Waals surface area (Å²) in [6, 6.07) is 38.4. The number of hydrogen-bond donors (Lipinski definition) is 2. The molecule has 5 aliphatic rings. The Hall–Kier alpha value is -8.60. The molecule has 0 unspecified atom stereocenters. The lowest BCUT2D eigenvalue weighted by atomic mass is 9.65. The quantitative estimate of drug-likeness (QED) is 0.0529. The topological polar surface area (TPSA) is 211 Å². The number of nitro benzene ring substituents is 1. The van der Waals surface area contributed by atoms with E-state index in [9.17, 15) is 25.1 Å². The first kappa shape index (κ1) is 50.6. The summed E-state index contributed by atoms with van der Waals surface area (Å²) in [7, 11) is 0. The summed E-state index contributed by atoms with van der Waals surface area (Å²) in [6.45, 7) is 1.20. The highest BCUT2D eigenvalue weighted by Crippen LogP contribution is 2.66. The number of carbonyl (C=O) groups excluding carboxylic acids is 4. The largest absolute Gasteiger partial charge is 0.491 e. The van der Waals surface area contributed by atoms with Gasteiger partial charge < -0.3 is 38.8 Å². The highest BCUT2D eigenvalue weighted by atomic mass is 16.7. The van der Waals surface area contributed by atoms with Crippen LogP contribution in [-0.2, 0) is 42.4 Å². The van der Waals surface area contributed by atoms with Crippen molar-refractivity contribution in [3.63, 3.8) is 0 Å². The third kappa shape index (κ3) is 9.37. The van der Waals surface area contributed by atoms with Crippen LogP contribution in [0.3, 0.4) is 0 Å². The molecule has 3 saturated heterocycles. The number of nitro groups is 1. The second-order valence-electron chi connectivity index (χ2n) is 19.3. The van der Waals surface area contributed by atoms with Gasteiger partial charge in [-0.05, 0) is 88.0 Å². The minimum Gasteiger partial charge on any atom is -0.491 e. The Bertz CT molecular complexity index is 3270. The molecule has 6 aromatic carbocycles. The monoisotopic (exact) mass is 1040 g/mol. The van der Waals surface area contributed by atoms with Crippen LogP contribution in [0.1, 0.15) is 63.6 Å². The number of piperazine rings is 1. The maximum Gasteiger partial charge on any atom is 0.421 e. The maximum atomic E-state index is 16.8. The molecule has 3 amide bonds. The average Bonchev–Trinajstić information content (AvgIpc) is 3.58. The van der Waals surface area contributed by atoms with E-state index in [0.717, 1.165) is 16.0 Å². The number of fused-ring (bicyclic) bond motifs is 4. The van der Waals surface area contributed by atoms with E-state index in [4.69, 9.17) is 23.7 Å². The lowest BCUT2D eigenvalue weighted by Gasteiger charge is -2.46. The molecule has 77 heavy (non-hydrogen) atoms. The van der Waals surface area contributed by atoms with Gasteiger partial charge in [-0.1, -0.05) is 90.7 Å². The van der Waals surface area contributed by atoms with Crippen LogP contribution in [0, 0.1) is 27.9 Å². The van der Waals surface area contributed by atoms with E-state index in [1.54, 1.807) is 47.4 Å². The molecule has 6 aromatic rings. The van der Waals surface area contributed by atoms with Crippen molar-refractivity contribution in [1.82, 2.24) is 14.7 Å². The van der Waals surface area contributed by atoms with Gasteiger partial charge in [-0.15, -0.1) is 0 Å². The summed E-state index contributed by atoms with van der Waals surface area (Å²) < 4.78 is 29.6. The zero-order chi connectivity index (χ0) is 53.2. The van der Waals surface area contributed by atoms with Gasteiger partial charge in [0.25, 0.3) is 5.69 Å². The van der Waals surface area contributed by atoms with Crippen LogP contribution < -0.4 is 19.1 Å². The second-order valence-corrected chi connectivity index (χ2v) is 19.3. The molecular weight excluding hydrogens is 987 g/mol. The van der Waals surface area contributed by atoms with Gasteiger partial charge in [-0.25, -0.2) is 9.69 Å². The number of esters is 1. The number of aliphatic hydroxyl groups is 2. The Morgan fingerprint density at radius 3 is 2.16 bits per heavy atom. The van der Waals surface area contributed by atoms with Crippen molar-refractivity contribution in [2.45, 2.75) is 49.2 Å². The van der Waals surface area contributed by atoms with Crippen LogP contribution >= 0.6 is 0 Å². The molecule has 5 heterocycles. The number of cyclic esters (lactones) is 1. The van der Waals surface area contributed by atoms with Gasteiger partial charge >= 0.3 is 12.1 Å². The van der Waals surface area contributed by atoms with Crippen LogP contribution in [0.4, 0.5) is 16.2 Å². The third-order valence-electron chi connectivity index (χ3n) is 15.0. The number of benzene rings is 6. The highest BCUT2D eigenvalue weighted by molar-refractivity contribution is 6.23. The van der Waals surface area contributed by atoms with E-state index in [-0.39, 0.29) is 69.7 Å². The Labute approximate surface area is 443 Å². The van der Waals surface area contributed by atoms with Crippen LogP contribution in [0.2, 0.25) is 0 Å². The lowest BCUT2D eigenvalue weighted by molar-refractivity contribution is -0.384. The van der Waals surface area contributed by atoms with Crippen molar-refractivity contribution in [3.8, 4) is 29.1 Å². The molecule has 3 fully saturated rings. The number of rotatable bonds is 13. The summed E-state index contributed by atoms with van der Waals surface area (Å²) >= 11 is 0. The molecule has 6 atom stereocenters. The fraction of sp³-hybridized carbons (Fsp3) is 0.288. The van der Waals surface area contributed by atoms with Gasteiger partial charge in [-0.3, -0.25) is 34.3 Å². The molecule has 18 heteroatoms. The van der Waals surface area contributed by atoms with Crippen molar-refractivity contribution in [3.05, 3.63) is 195 Å². The highest BCUT2D eigenvalue weighted by Gasteiger charge is 2.76. The van der Waals surface area contributed by atoms with E-state index in [2.05, 4.69) is 16.7 Å². The molecule has 392 valence electrons. The first-order valence-electron chi connectivity index (χ1n) is 25.4. The van der Waals surface area contributed by atoms with Gasteiger partial charge in [0.15, 0.2) is 11.5 Å². The molecule has 18 nitrogen and oxygen atoms in total. The van der Waals surface area contributed by atoms with E-state index < -0.39 is 64.4 Å². The number of hydrogen-bond acceptors (Lipinski definition) is 15. The van der Waals surface area contributed by atoms with Crippen LogP contribution in [-0.4, -0.2) is 113 Å². The minimum absolute atomic E-state index is 0.00498. The number of nitrogens with zero attached hydrogens (tertiary/aromatic N) is 5. The van der Waals surface area contributed by atoms with Gasteiger partial charge in [0.05, 0.1) is 41.8 Å². The predicted octanol–water partition coefficient (Wildman–Crippen LogP) is 6.78. The molecule has 5 aliphatic heterocycles. The standard InChI is InChI=1S/C59H53N5O13/c65-30-8-7-9-38-16-24-47-46(33-38)59(57(69)62(47)58(70)74-36-39-14-20-44(21-15-39)64(71)72)50(55(67)61-28-26-60(27-29-61)35-40-17-25-48-49(34-40)76-37-75-48)52-56(68)77-53(42-12-5-2-6-13-42)51(41-10-3-1-4-11-41)63(52)54(59)43-18-22-45(23-19-43)73-32-31-66/h1-6,10-25,33-34,50-54,65-66H,8,26-32,35-37H2/t50-,51-,52-,53+,54+,59-/m0/s1. The molecule has 0 radical (unpaired) electrons. The minimum atomic E-state index is -2.10. The van der Waals surface area contributed by atoms with Crippen molar-refractivity contribution < 1.29 is 58.0 Å². The number of non-ortho nitro benzene ring substituents is 1. The van der Waals surface area contributed by atoms with Crippen LogP contribution in [0.25, 0.3) is 0 Å². The lowest BCUT2D eigenvalue weighted by Crippen LogP contribution is -2.59. The molecular formula is C59H53N5O13. The predicted molar refractivity (Wildman–Crippen MR) is 277 cm³/mol. The van der Waals surface area contributed by atoms with Gasteiger partial charge in [0.2, 0.25) is 18.6 Å². The number of amides is 3. The summed E-state index contributed by atoms with van der Waals surface area (Å²) in [4.78, 5) is 81.5. The fourth-order valence-corrected chi connectivity index (χ4v) is 11.6. The van der Waals surface area contributed by atoms with Crippen LogP contribution in [0.5, 0.6) is 17.2 Å². The number of anilines is 1. The molecule has 0 bridgehead atoms. The molecule has 0 saturated carbocycles. The van der Waals surface area contributed by atoms with Crippen molar-refractivity contribution in [1.29, 1.82) is 0 Å². The molecule has 11 rings (SSSR count). The first-order valence-corrected chi connectivity index (χ1v) is 25.4. The van der Waals surface area contributed by atoms with Crippen LogP contribution in [0.15, 0.2) is 146 Å². The summed E-state index contributed by atoms with van der Waals surface area (Å²) in [5, 5.41) is 30.9. The van der Waals surface area contributed by atoms with Crippen molar-refractivity contribution >= 4 is 35.3 Å². The van der Waals surface area contributed by atoms with Gasteiger partial charge in [-0.2, -0.15) is 0 Å². The molecule has 1 spiro atoms. The maximum absolute atomic E-state index is 16.8. The van der Waals surface area contributed by atoms with Gasteiger partial charge in [0, 0.05) is 56.8 Å². The summed E-state index contributed by atoms with van der Waals surface area (Å²) in [5.74, 6) is 4.17. The van der Waals surface area contributed by atoms with E-state index in [1.807, 2.05) is 83.8 Å². The van der Waals surface area contributed by atoms with Crippen molar-refractivity contribution in [2.75, 3.05) is 57.7 Å². The molecule has 0 aromatic heterocycles. The van der Waals surface area contributed by atoms with E-state index in [0.29, 0.717) is 59.1 Å². The van der Waals surface area contributed by atoms with E-state index in [1.165, 1.54) is 24.3 Å². The van der Waals surface area contributed by atoms with Gasteiger partial charge in [0.1, 0.15) is 36.5 Å². The third-order valence-corrected chi connectivity index (χ3v) is 15.0. The molecule has 0 aliphatic carbocycles. The van der Waals surface area contributed by atoms with Crippen molar-refractivity contribution in [2.24, 2.45) is 5.92 Å². The van der Waals surface area contributed by atoms with E-state index >= 15 is 14.4 Å². The summed E-state index contributed by atoms with van der Waals surface area (Å²) in [5.41, 5.74) is 1.76. The SMILES string of the molecule is O=C1O[C@H](c2ccccc2)[C@H](c2ccccc2)N2[C@H]1[C@@H](C(=O)N1CCN(Cc3ccc4c(c3)OCO4)CC1)[C@]1(C(=O)N(C(=O)OCc3ccc([N+](=O)[O-])cc3)c3ccc(C#CCCO)cc31)[C@H]2c1ccc(OCCO)cc1. The normalized spacial score (nSPS) is 22.4. The first-order chi connectivity index (χ1) is 37.6. The Kier molecular flexibility index (Phi) is 14.2. The number of ether oxygens (including phenoxy) is 5. The smallest absolute Gasteiger partial charge is 0.421 e. The zero-order valence-electron chi connectivity index (χ0n) is 41.6. The summed E-state index contributed by atoms with van der Waals surface area (Å²) in [6.07, 6.45) is -1.91. The fourth-order valence-electron chi connectivity index (χ4n) is 11.6. The Morgan fingerprint density at radius 1 is 0.753 bits per heavy atom. The average molecular weight is 1040 g/mol. The Balaban J connectivity index is 1.10. The number of carbonyl (C=O) groups is 4. The second kappa shape index (κ2) is 21.6. The number of aliphatic hydroxyl groups excluding tert-OH is 2. The number of morpholine rings is 1. The zero-order valence-corrected chi connectivity index (χ0v) is 41.6. The Morgan fingerprint density at radius 2 is 1.45 bits per heavy atom. The number of imide groups is 1. The molecule has 2 N–H and O–H groups in total.